The lowest BCUT2D eigenvalue weighted by atomic mass is 9.95. The fraction of sp³-hybridized carbons (Fsp3) is 0.667. The number of hydrogen-bond donors (Lipinski definition) is 1. The Balaban J connectivity index is 1.53. The third-order valence-electron chi connectivity index (χ3n) is 5.55. The summed E-state index contributed by atoms with van der Waals surface area (Å²) in [5.41, 5.74) is 0. The summed E-state index contributed by atoms with van der Waals surface area (Å²) in [4.78, 5) is 26.6. The van der Waals surface area contributed by atoms with Crippen LogP contribution in [0.3, 0.4) is 0 Å². The van der Waals surface area contributed by atoms with Crippen molar-refractivity contribution in [3.8, 4) is 5.75 Å². The molecule has 0 aromatic heterocycles. The third kappa shape index (κ3) is 9.33. The second-order valence-corrected chi connectivity index (χ2v) is 8.45. The van der Waals surface area contributed by atoms with Crippen LogP contribution < -0.4 is 10.1 Å². The summed E-state index contributed by atoms with van der Waals surface area (Å²) >= 11 is 0. The van der Waals surface area contributed by atoms with E-state index in [2.05, 4.69) is 19.2 Å². The van der Waals surface area contributed by atoms with Crippen LogP contribution in [0.2, 0.25) is 0 Å². The molecule has 0 spiro atoms. The van der Waals surface area contributed by atoms with Gasteiger partial charge in [-0.1, -0.05) is 57.7 Å². The Morgan fingerprint density at radius 2 is 1.76 bits per heavy atom. The van der Waals surface area contributed by atoms with Crippen LogP contribution >= 0.6 is 0 Å². The maximum absolute atomic E-state index is 12.3. The molecule has 1 aromatic rings. The second-order valence-electron chi connectivity index (χ2n) is 8.45. The molecule has 1 aromatic carbocycles. The maximum Gasteiger partial charge on any atom is 0.225 e. The van der Waals surface area contributed by atoms with Gasteiger partial charge in [-0.2, -0.15) is 0 Å². The maximum atomic E-state index is 12.3. The van der Waals surface area contributed by atoms with Gasteiger partial charge in [-0.05, 0) is 37.3 Å². The van der Waals surface area contributed by atoms with E-state index in [0.29, 0.717) is 26.1 Å². The molecule has 1 saturated heterocycles. The monoisotopic (exact) mass is 402 g/mol. The highest BCUT2D eigenvalue weighted by molar-refractivity contribution is 5.80. The van der Waals surface area contributed by atoms with Crippen LogP contribution in [0.25, 0.3) is 0 Å². The predicted octanol–water partition coefficient (Wildman–Crippen LogP) is 4.42. The summed E-state index contributed by atoms with van der Waals surface area (Å²) in [7, 11) is 0. The van der Waals surface area contributed by atoms with Crippen molar-refractivity contribution in [2.24, 2.45) is 11.8 Å². The largest absolute Gasteiger partial charge is 0.493 e. The third-order valence-corrected chi connectivity index (χ3v) is 5.55. The molecular weight excluding hydrogens is 364 g/mol. The van der Waals surface area contributed by atoms with Crippen LogP contribution in [0.5, 0.6) is 5.75 Å². The first-order valence-electron chi connectivity index (χ1n) is 11.3. The number of rotatable bonds is 12. The van der Waals surface area contributed by atoms with E-state index >= 15 is 0 Å². The van der Waals surface area contributed by atoms with Crippen molar-refractivity contribution in [3.05, 3.63) is 30.3 Å². The Labute approximate surface area is 176 Å². The van der Waals surface area contributed by atoms with Crippen LogP contribution in [-0.2, 0) is 9.59 Å². The van der Waals surface area contributed by atoms with Gasteiger partial charge in [-0.3, -0.25) is 9.59 Å². The molecule has 1 aliphatic heterocycles. The van der Waals surface area contributed by atoms with Gasteiger partial charge in [0.1, 0.15) is 5.75 Å². The lowest BCUT2D eigenvalue weighted by molar-refractivity contribution is -0.136. The normalized spacial score (nSPS) is 14.8. The van der Waals surface area contributed by atoms with E-state index in [-0.39, 0.29) is 17.7 Å². The van der Waals surface area contributed by atoms with E-state index in [1.54, 1.807) is 0 Å². The molecule has 1 N–H and O–H groups in total. The Kier molecular flexibility index (Phi) is 10.6. The predicted molar refractivity (Wildman–Crippen MR) is 117 cm³/mol. The van der Waals surface area contributed by atoms with Gasteiger partial charge in [0.05, 0.1) is 13.0 Å². The van der Waals surface area contributed by atoms with Crippen molar-refractivity contribution in [2.75, 3.05) is 26.2 Å². The molecule has 162 valence electrons. The second kappa shape index (κ2) is 13.2. The van der Waals surface area contributed by atoms with Crippen LogP contribution in [0.15, 0.2) is 30.3 Å². The molecule has 0 radical (unpaired) electrons. The van der Waals surface area contributed by atoms with Gasteiger partial charge in [0.25, 0.3) is 0 Å². The Morgan fingerprint density at radius 3 is 2.45 bits per heavy atom. The summed E-state index contributed by atoms with van der Waals surface area (Å²) in [6, 6.07) is 9.55. The fourth-order valence-corrected chi connectivity index (χ4v) is 3.71. The van der Waals surface area contributed by atoms with Crippen molar-refractivity contribution in [3.63, 3.8) is 0 Å². The van der Waals surface area contributed by atoms with Crippen molar-refractivity contribution >= 4 is 11.8 Å². The molecule has 29 heavy (non-hydrogen) atoms. The van der Waals surface area contributed by atoms with Crippen LogP contribution in [0.1, 0.15) is 65.2 Å². The van der Waals surface area contributed by atoms with E-state index in [1.165, 1.54) is 25.7 Å². The van der Waals surface area contributed by atoms with Gasteiger partial charge < -0.3 is 15.0 Å². The molecule has 0 unspecified atom stereocenters. The van der Waals surface area contributed by atoms with E-state index < -0.39 is 0 Å². The summed E-state index contributed by atoms with van der Waals surface area (Å²) in [5, 5.41) is 3.09. The number of unbranched alkanes of at least 4 members (excludes halogenated alkanes) is 3. The van der Waals surface area contributed by atoms with Crippen molar-refractivity contribution < 1.29 is 14.3 Å². The highest BCUT2D eigenvalue weighted by Gasteiger charge is 2.26. The molecule has 2 amide bonds. The van der Waals surface area contributed by atoms with Gasteiger partial charge in [-0.15, -0.1) is 0 Å². The van der Waals surface area contributed by atoms with Crippen molar-refractivity contribution in [1.82, 2.24) is 10.2 Å². The number of benzene rings is 1. The first kappa shape index (κ1) is 23.2. The standard InChI is InChI=1S/C24H38N2O3/c1-20(2)10-6-3-4-9-16-25-24(28)21-13-17-26(18-14-21)23(27)15-19-29-22-11-7-5-8-12-22/h5,7-8,11-12,20-21H,3-4,6,9-10,13-19H2,1-2H3,(H,25,28). The van der Waals surface area contributed by atoms with Gasteiger partial charge >= 0.3 is 0 Å². The zero-order valence-corrected chi connectivity index (χ0v) is 18.2. The average Bonchev–Trinajstić information content (AvgIpc) is 2.73. The van der Waals surface area contributed by atoms with E-state index in [4.69, 9.17) is 4.74 Å². The molecule has 2 rings (SSSR count). The quantitative estimate of drug-likeness (QED) is 0.527. The molecule has 5 heteroatoms. The minimum absolute atomic E-state index is 0.0422. The number of piperidine rings is 1. The summed E-state index contributed by atoms with van der Waals surface area (Å²) in [6.45, 7) is 7.01. The molecule has 5 nitrogen and oxygen atoms in total. The topological polar surface area (TPSA) is 58.6 Å². The van der Waals surface area contributed by atoms with E-state index in [9.17, 15) is 9.59 Å². The molecule has 0 atom stereocenters. The molecule has 1 aliphatic rings. The van der Waals surface area contributed by atoms with Gasteiger partial charge in [0, 0.05) is 25.6 Å². The average molecular weight is 403 g/mol. The number of nitrogens with one attached hydrogen (secondary N) is 1. The number of carbonyl (C=O) groups is 2. The number of ether oxygens (including phenoxy) is 1. The Morgan fingerprint density at radius 1 is 1.07 bits per heavy atom. The summed E-state index contributed by atoms with van der Waals surface area (Å²) < 4.78 is 5.61. The van der Waals surface area contributed by atoms with Gasteiger partial charge in [0.15, 0.2) is 0 Å². The summed E-state index contributed by atoms with van der Waals surface area (Å²) in [5.74, 6) is 1.88. The molecular formula is C24H38N2O3. The zero-order valence-electron chi connectivity index (χ0n) is 18.2. The lowest BCUT2D eigenvalue weighted by Crippen LogP contribution is -2.43. The first-order valence-corrected chi connectivity index (χ1v) is 11.3. The van der Waals surface area contributed by atoms with Gasteiger partial charge in [0.2, 0.25) is 11.8 Å². The number of carbonyl (C=O) groups excluding carboxylic acids is 2. The highest BCUT2D eigenvalue weighted by Crippen LogP contribution is 2.18. The molecule has 0 bridgehead atoms. The SMILES string of the molecule is CC(C)CCCCCCNC(=O)C1CCN(C(=O)CCOc2ccccc2)CC1. The number of hydrogen-bond acceptors (Lipinski definition) is 3. The van der Waals surface area contributed by atoms with Crippen LogP contribution in [-0.4, -0.2) is 43.0 Å². The number of para-hydroxylation sites is 1. The van der Waals surface area contributed by atoms with Gasteiger partial charge in [-0.25, -0.2) is 0 Å². The summed E-state index contributed by atoms with van der Waals surface area (Å²) in [6.07, 6.45) is 7.96. The van der Waals surface area contributed by atoms with Crippen molar-refractivity contribution in [1.29, 1.82) is 0 Å². The molecule has 0 saturated carbocycles. The molecule has 1 heterocycles. The number of nitrogens with zero attached hydrogens (tertiary/aromatic N) is 1. The molecule has 1 fully saturated rings. The first-order chi connectivity index (χ1) is 14.1. The van der Waals surface area contributed by atoms with Crippen LogP contribution in [0, 0.1) is 11.8 Å². The Bertz CT molecular complexity index is 595. The molecule has 0 aliphatic carbocycles. The minimum atomic E-state index is 0.0422. The number of amides is 2. The zero-order chi connectivity index (χ0) is 20.9. The smallest absolute Gasteiger partial charge is 0.225 e. The lowest BCUT2D eigenvalue weighted by Gasteiger charge is -2.31. The van der Waals surface area contributed by atoms with E-state index in [0.717, 1.165) is 37.5 Å². The fourth-order valence-electron chi connectivity index (χ4n) is 3.71. The van der Waals surface area contributed by atoms with Crippen molar-refractivity contribution in [2.45, 2.75) is 65.2 Å². The minimum Gasteiger partial charge on any atom is -0.493 e. The van der Waals surface area contributed by atoms with Crippen LogP contribution in [0.4, 0.5) is 0 Å². The van der Waals surface area contributed by atoms with E-state index in [1.807, 2.05) is 35.2 Å². The highest BCUT2D eigenvalue weighted by atomic mass is 16.5. The number of likely N-dealkylation sites (tertiary alicyclic amines) is 1. The Hall–Kier alpha value is -2.04.